The summed E-state index contributed by atoms with van der Waals surface area (Å²) < 4.78 is 10.2. The first kappa shape index (κ1) is 17.0. The number of aromatic hydroxyl groups is 1. The molecule has 2 N–H and O–H groups in total. The van der Waals surface area contributed by atoms with E-state index < -0.39 is 17.9 Å². The number of benzene rings is 1. The number of aryl methyl sites for hydroxylation is 1. The number of hydrogen-bond acceptors (Lipinski definition) is 6. The van der Waals surface area contributed by atoms with Gasteiger partial charge in [0.15, 0.2) is 11.1 Å². The fraction of sp³-hybridized carbons (Fsp3) is 0.250. The zero-order valence-corrected chi connectivity index (χ0v) is 13.8. The minimum absolute atomic E-state index is 0.0685. The Labute approximate surface area is 137 Å². The van der Waals surface area contributed by atoms with Crippen molar-refractivity contribution in [2.45, 2.75) is 18.1 Å². The molecule has 0 saturated heterocycles. The number of carbonyl (C=O) groups excluding carboxylic acids is 2. The zero-order chi connectivity index (χ0) is 17.0. The van der Waals surface area contributed by atoms with E-state index in [4.69, 9.17) is 9.15 Å². The highest BCUT2D eigenvalue weighted by Crippen LogP contribution is 2.24. The molecule has 122 valence electrons. The molecule has 2 rings (SSSR count). The summed E-state index contributed by atoms with van der Waals surface area (Å²) in [5.41, 5.74) is 0.872. The second kappa shape index (κ2) is 7.23. The van der Waals surface area contributed by atoms with Gasteiger partial charge in [-0.05, 0) is 30.9 Å². The molecule has 0 spiro atoms. The third kappa shape index (κ3) is 3.87. The van der Waals surface area contributed by atoms with Crippen molar-refractivity contribution in [3.05, 3.63) is 47.2 Å². The highest BCUT2D eigenvalue weighted by Gasteiger charge is 2.26. The lowest BCUT2D eigenvalue weighted by Gasteiger charge is -2.16. The highest BCUT2D eigenvalue weighted by molar-refractivity contribution is 7.98. The molecule has 2 aromatic rings. The lowest BCUT2D eigenvalue weighted by molar-refractivity contribution is -0.143. The Morgan fingerprint density at radius 2 is 1.96 bits per heavy atom. The number of amides is 1. The average molecular weight is 335 g/mol. The third-order valence-electron chi connectivity index (χ3n) is 3.28. The van der Waals surface area contributed by atoms with Gasteiger partial charge < -0.3 is 19.6 Å². The van der Waals surface area contributed by atoms with Crippen LogP contribution in [0.5, 0.6) is 5.75 Å². The van der Waals surface area contributed by atoms with Gasteiger partial charge in [-0.1, -0.05) is 23.9 Å². The molecule has 0 bridgehead atoms. The van der Waals surface area contributed by atoms with Gasteiger partial charge in [0.25, 0.3) is 5.91 Å². The highest BCUT2D eigenvalue weighted by atomic mass is 32.2. The fourth-order valence-electron chi connectivity index (χ4n) is 2.05. The number of hydrogen-bond donors (Lipinski definition) is 2. The standard InChI is InChI=1S/C16H17NO5S/c1-9-12(8-13(22-9)23-3)15(19)17-14(16(20)21-2)10-4-6-11(18)7-5-10/h4-8,14,18H,1-3H3,(H,17,19). The van der Waals surface area contributed by atoms with Gasteiger partial charge >= 0.3 is 5.97 Å². The van der Waals surface area contributed by atoms with Gasteiger partial charge in [0.1, 0.15) is 11.5 Å². The van der Waals surface area contributed by atoms with Crippen molar-refractivity contribution in [1.82, 2.24) is 5.32 Å². The van der Waals surface area contributed by atoms with Gasteiger partial charge in [0, 0.05) is 6.07 Å². The first-order valence-corrected chi connectivity index (χ1v) is 8.00. The Balaban J connectivity index is 2.26. The predicted molar refractivity (Wildman–Crippen MR) is 85.6 cm³/mol. The van der Waals surface area contributed by atoms with Crippen molar-refractivity contribution in [1.29, 1.82) is 0 Å². The molecule has 0 fully saturated rings. The van der Waals surface area contributed by atoms with E-state index in [1.54, 1.807) is 25.1 Å². The van der Waals surface area contributed by atoms with Crippen molar-refractivity contribution in [3.63, 3.8) is 0 Å². The first-order valence-electron chi connectivity index (χ1n) is 6.78. The predicted octanol–water partition coefficient (Wildman–Crippen LogP) is 2.66. The van der Waals surface area contributed by atoms with Crippen LogP contribution in [0.25, 0.3) is 0 Å². The molecule has 1 atom stereocenters. The molecule has 1 amide bonds. The van der Waals surface area contributed by atoms with Gasteiger partial charge in [0.2, 0.25) is 0 Å². The van der Waals surface area contributed by atoms with Crippen molar-refractivity contribution >= 4 is 23.6 Å². The van der Waals surface area contributed by atoms with Crippen LogP contribution in [0.3, 0.4) is 0 Å². The van der Waals surface area contributed by atoms with Crippen molar-refractivity contribution in [3.8, 4) is 5.75 Å². The smallest absolute Gasteiger partial charge is 0.333 e. The maximum absolute atomic E-state index is 12.4. The summed E-state index contributed by atoms with van der Waals surface area (Å²) in [7, 11) is 1.25. The number of methoxy groups -OCH3 is 1. The van der Waals surface area contributed by atoms with E-state index in [9.17, 15) is 14.7 Å². The van der Waals surface area contributed by atoms with E-state index in [-0.39, 0.29) is 5.75 Å². The number of esters is 1. The SMILES string of the molecule is COC(=O)C(NC(=O)c1cc(SC)oc1C)c1ccc(O)cc1. The summed E-state index contributed by atoms with van der Waals surface area (Å²) >= 11 is 1.38. The van der Waals surface area contributed by atoms with Crippen LogP contribution < -0.4 is 5.32 Å². The second-order valence-electron chi connectivity index (χ2n) is 4.76. The van der Waals surface area contributed by atoms with Gasteiger partial charge in [-0.3, -0.25) is 4.79 Å². The van der Waals surface area contributed by atoms with Gasteiger partial charge in [-0.25, -0.2) is 4.79 Å². The molecule has 0 aliphatic carbocycles. The summed E-state index contributed by atoms with van der Waals surface area (Å²) in [5, 5.41) is 12.6. The lowest BCUT2D eigenvalue weighted by Crippen LogP contribution is -2.34. The van der Waals surface area contributed by atoms with Crippen LogP contribution in [0.4, 0.5) is 0 Å². The van der Waals surface area contributed by atoms with Crippen LogP contribution >= 0.6 is 11.8 Å². The van der Waals surface area contributed by atoms with Crippen molar-refractivity contribution in [2.24, 2.45) is 0 Å². The van der Waals surface area contributed by atoms with E-state index in [1.165, 1.54) is 31.0 Å². The lowest BCUT2D eigenvalue weighted by atomic mass is 10.1. The summed E-state index contributed by atoms with van der Waals surface area (Å²) in [5.74, 6) is -0.495. The van der Waals surface area contributed by atoms with Crippen LogP contribution in [-0.2, 0) is 9.53 Å². The van der Waals surface area contributed by atoms with Gasteiger partial charge in [-0.15, -0.1) is 0 Å². The minimum atomic E-state index is -0.972. The summed E-state index contributed by atoms with van der Waals surface area (Å²) in [4.78, 5) is 24.4. The molecule has 0 aliphatic heterocycles. The number of thioether (sulfide) groups is 1. The average Bonchev–Trinajstić information content (AvgIpc) is 2.94. The summed E-state index contributed by atoms with van der Waals surface area (Å²) in [6, 6.07) is 6.62. The monoisotopic (exact) mass is 335 g/mol. The number of furan rings is 1. The van der Waals surface area contributed by atoms with E-state index in [1.807, 2.05) is 6.26 Å². The summed E-state index contributed by atoms with van der Waals surface area (Å²) in [6.07, 6.45) is 1.84. The molecular formula is C16H17NO5S. The van der Waals surface area contributed by atoms with Crippen LogP contribution in [0.1, 0.15) is 27.7 Å². The number of rotatable bonds is 5. The zero-order valence-electron chi connectivity index (χ0n) is 13.0. The molecule has 1 unspecified atom stereocenters. The Bertz CT molecular complexity index is 708. The Hall–Kier alpha value is -2.41. The van der Waals surface area contributed by atoms with Crippen molar-refractivity contribution < 1.29 is 23.8 Å². The maximum atomic E-state index is 12.4. The molecule has 0 saturated carbocycles. The van der Waals surface area contributed by atoms with Gasteiger partial charge in [-0.2, -0.15) is 0 Å². The van der Waals surface area contributed by atoms with Crippen LogP contribution in [0.15, 0.2) is 39.8 Å². The molecule has 1 heterocycles. The first-order chi connectivity index (χ1) is 11.0. The van der Waals surface area contributed by atoms with Gasteiger partial charge in [0.05, 0.1) is 12.7 Å². The van der Waals surface area contributed by atoms with Crippen LogP contribution in [0, 0.1) is 6.92 Å². The number of phenolic OH excluding ortho intramolecular Hbond substituents is 1. The van der Waals surface area contributed by atoms with Crippen molar-refractivity contribution in [2.75, 3.05) is 13.4 Å². The quantitative estimate of drug-likeness (QED) is 0.645. The Kier molecular flexibility index (Phi) is 5.33. The Morgan fingerprint density at radius 3 is 2.48 bits per heavy atom. The fourth-order valence-corrected chi connectivity index (χ4v) is 2.50. The summed E-state index contributed by atoms with van der Waals surface area (Å²) in [6.45, 7) is 1.68. The second-order valence-corrected chi connectivity index (χ2v) is 5.57. The molecular weight excluding hydrogens is 318 g/mol. The third-order valence-corrected chi connectivity index (χ3v) is 3.88. The maximum Gasteiger partial charge on any atom is 0.333 e. The molecule has 6 nitrogen and oxygen atoms in total. The molecule has 0 radical (unpaired) electrons. The molecule has 0 aliphatic rings. The molecule has 23 heavy (non-hydrogen) atoms. The Morgan fingerprint density at radius 1 is 1.30 bits per heavy atom. The van der Waals surface area contributed by atoms with E-state index >= 15 is 0 Å². The van der Waals surface area contributed by atoms with E-state index in [0.29, 0.717) is 22.0 Å². The number of carbonyl (C=O) groups is 2. The molecule has 7 heteroatoms. The molecule has 1 aromatic heterocycles. The van der Waals surface area contributed by atoms with E-state index in [0.717, 1.165) is 0 Å². The number of phenols is 1. The largest absolute Gasteiger partial charge is 0.508 e. The molecule has 1 aromatic carbocycles. The number of ether oxygens (including phenoxy) is 1. The number of nitrogens with one attached hydrogen (secondary N) is 1. The van der Waals surface area contributed by atoms with Crippen LogP contribution in [-0.4, -0.2) is 30.3 Å². The minimum Gasteiger partial charge on any atom is -0.508 e. The topological polar surface area (TPSA) is 88.8 Å². The van der Waals surface area contributed by atoms with E-state index in [2.05, 4.69) is 5.32 Å². The van der Waals surface area contributed by atoms with Crippen LogP contribution in [0.2, 0.25) is 0 Å². The normalized spacial score (nSPS) is 11.8.